The molecule has 0 saturated carbocycles. The van der Waals surface area contributed by atoms with Crippen molar-refractivity contribution in [1.29, 1.82) is 5.26 Å². The monoisotopic (exact) mass is 284 g/mol. The standard InChI is InChI=1S/C14H15F3N2O/c1-13(20)5-2-6-19(9-13)12-7-10(8-18)3-4-11(12)14(15,16)17/h3-4,7,20H,2,5-6,9H2,1H3. The molecule has 1 atom stereocenters. The lowest BCUT2D eigenvalue weighted by Crippen LogP contribution is -2.46. The zero-order valence-electron chi connectivity index (χ0n) is 11.0. The van der Waals surface area contributed by atoms with E-state index in [1.165, 1.54) is 11.0 Å². The van der Waals surface area contributed by atoms with Crippen molar-refractivity contribution >= 4 is 5.69 Å². The van der Waals surface area contributed by atoms with E-state index in [1.54, 1.807) is 6.92 Å². The Bertz CT molecular complexity index is 546. The molecule has 6 heteroatoms. The number of alkyl halides is 3. The molecule has 1 aliphatic heterocycles. The molecule has 1 fully saturated rings. The lowest BCUT2D eigenvalue weighted by Gasteiger charge is -2.39. The Morgan fingerprint density at radius 3 is 2.65 bits per heavy atom. The topological polar surface area (TPSA) is 47.3 Å². The highest BCUT2D eigenvalue weighted by Crippen LogP contribution is 2.38. The fourth-order valence-corrected chi connectivity index (χ4v) is 2.53. The molecule has 1 unspecified atom stereocenters. The summed E-state index contributed by atoms with van der Waals surface area (Å²) in [6.45, 7) is 2.18. The van der Waals surface area contributed by atoms with Gasteiger partial charge < -0.3 is 10.0 Å². The first-order valence-corrected chi connectivity index (χ1v) is 6.32. The van der Waals surface area contributed by atoms with Crippen LogP contribution in [-0.2, 0) is 6.18 Å². The maximum absolute atomic E-state index is 13.1. The van der Waals surface area contributed by atoms with Gasteiger partial charge in [0.2, 0.25) is 0 Å². The first-order chi connectivity index (χ1) is 9.23. The molecule has 3 nitrogen and oxygen atoms in total. The van der Waals surface area contributed by atoms with Gasteiger partial charge in [-0.25, -0.2) is 0 Å². The molecule has 0 spiro atoms. The number of nitriles is 1. The second-order valence-corrected chi connectivity index (χ2v) is 5.36. The molecule has 0 bridgehead atoms. The molecule has 0 radical (unpaired) electrons. The minimum atomic E-state index is -4.48. The van der Waals surface area contributed by atoms with Crippen molar-refractivity contribution in [2.24, 2.45) is 0 Å². The summed E-state index contributed by atoms with van der Waals surface area (Å²) in [5.74, 6) is 0. The number of halogens is 3. The number of nitrogens with zero attached hydrogens (tertiary/aromatic N) is 2. The quantitative estimate of drug-likeness (QED) is 0.862. The van der Waals surface area contributed by atoms with Crippen LogP contribution >= 0.6 is 0 Å². The molecule has 2 rings (SSSR count). The van der Waals surface area contributed by atoms with E-state index in [1.807, 2.05) is 6.07 Å². The fraction of sp³-hybridized carbons (Fsp3) is 0.500. The van der Waals surface area contributed by atoms with Gasteiger partial charge in [-0.1, -0.05) is 0 Å². The Balaban J connectivity index is 2.45. The predicted octanol–water partition coefficient (Wildman–Crippen LogP) is 2.93. The number of β-amino-alcohol motifs (C(OH)–C–C–N with tert-alkyl or cyclic N) is 1. The van der Waals surface area contributed by atoms with Crippen LogP contribution in [0.3, 0.4) is 0 Å². The van der Waals surface area contributed by atoms with Gasteiger partial charge in [0, 0.05) is 13.1 Å². The van der Waals surface area contributed by atoms with Crippen molar-refractivity contribution in [3.63, 3.8) is 0 Å². The molecule has 20 heavy (non-hydrogen) atoms. The first kappa shape index (κ1) is 14.7. The molecule has 1 aromatic carbocycles. The van der Waals surface area contributed by atoms with Crippen molar-refractivity contribution in [2.75, 3.05) is 18.0 Å². The second kappa shape index (κ2) is 4.98. The Morgan fingerprint density at radius 1 is 1.40 bits per heavy atom. The summed E-state index contributed by atoms with van der Waals surface area (Å²) in [6.07, 6.45) is -3.31. The zero-order valence-corrected chi connectivity index (χ0v) is 11.0. The molecule has 0 amide bonds. The third kappa shape index (κ3) is 3.05. The molecule has 108 valence electrons. The fourth-order valence-electron chi connectivity index (χ4n) is 2.53. The highest BCUT2D eigenvalue weighted by atomic mass is 19.4. The van der Waals surface area contributed by atoms with E-state index < -0.39 is 17.3 Å². The van der Waals surface area contributed by atoms with E-state index in [2.05, 4.69) is 0 Å². The SMILES string of the molecule is CC1(O)CCCN(c2cc(C#N)ccc2C(F)(F)F)C1. The molecule has 1 heterocycles. The summed E-state index contributed by atoms with van der Waals surface area (Å²) in [5.41, 5.74) is -1.63. The minimum Gasteiger partial charge on any atom is -0.388 e. The van der Waals surface area contributed by atoms with Crippen molar-refractivity contribution < 1.29 is 18.3 Å². The summed E-state index contributed by atoms with van der Waals surface area (Å²) in [4.78, 5) is 1.51. The molecule has 1 saturated heterocycles. The van der Waals surface area contributed by atoms with Gasteiger partial charge in [-0.05, 0) is 38.0 Å². The van der Waals surface area contributed by atoms with Crippen molar-refractivity contribution in [1.82, 2.24) is 0 Å². The number of benzene rings is 1. The molecule has 0 aromatic heterocycles. The summed E-state index contributed by atoms with van der Waals surface area (Å²) in [5, 5.41) is 18.9. The lowest BCUT2D eigenvalue weighted by molar-refractivity contribution is -0.137. The van der Waals surface area contributed by atoms with Gasteiger partial charge in [-0.2, -0.15) is 18.4 Å². The third-order valence-electron chi connectivity index (χ3n) is 3.45. The predicted molar refractivity (Wildman–Crippen MR) is 68.2 cm³/mol. The average molecular weight is 284 g/mol. The van der Waals surface area contributed by atoms with Crippen LogP contribution in [0, 0.1) is 11.3 Å². The van der Waals surface area contributed by atoms with Gasteiger partial charge in [0.25, 0.3) is 0 Å². The Hall–Kier alpha value is -1.74. The molecule has 1 aromatic rings. The smallest absolute Gasteiger partial charge is 0.388 e. The number of anilines is 1. The number of hydrogen-bond donors (Lipinski definition) is 1. The van der Waals surface area contributed by atoms with Crippen molar-refractivity contribution in [2.45, 2.75) is 31.5 Å². The summed E-state index contributed by atoms with van der Waals surface area (Å²) in [7, 11) is 0. The zero-order chi connectivity index (χ0) is 15.0. The average Bonchev–Trinajstić information content (AvgIpc) is 2.35. The number of hydrogen-bond acceptors (Lipinski definition) is 3. The molecular formula is C14H15F3N2O. The molecule has 1 N–H and O–H groups in total. The van der Waals surface area contributed by atoms with E-state index in [0.29, 0.717) is 19.4 Å². The van der Waals surface area contributed by atoms with E-state index in [-0.39, 0.29) is 17.8 Å². The van der Waals surface area contributed by atoms with Crippen LogP contribution in [-0.4, -0.2) is 23.8 Å². The second-order valence-electron chi connectivity index (χ2n) is 5.36. The van der Waals surface area contributed by atoms with Crippen molar-refractivity contribution in [3.05, 3.63) is 29.3 Å². The molecular weight excluding hydrogens is 269 g/mol. The minimum absolute atomic E-state index is 0.0310. The van der Waals surface area contributed by atoms with Crippen molar-refractivity contribution in [3.8, 4) is 6.07 Å². The molecule has 1 aliphatic rings. The highest BCUT2D eigenvalue weighted by molar-refractivity contribution is 5.59. The van der Waals surface area contributed by atoms with Crippen LogP contribution in [0.15, 0.2) is 18.2 Å². The lowest BCUT2D eigenvalue weighted by atomic mass is 9.94. The number of rotatable bonds is 1. The van der Waals surface area contributed by atoms with Gasteiger partial charge in [0.05, 0.1) is 28.5 Å². The summed E-state index contributed by atoms with van der Waals surface area (Å²) >= 11 is 0. The van der Waals surface area contributed by atoms with Crippen LogP contribution in [0.25, 0.3) is 0 Å². The van der Waals surface area contributed by atoms with E-state index in [9.17, 15) is 18.3 Å². The number of aliphatic hydroxyl groups is 1. The van der Waals surface area contributed by atoms with Gasteiger partial charge >= 0.3 is 6.18 Å². The van der Waals surface area contributed by atoms with E-state index in [0.717, 1.165) is 12.1 Å². The maximum atomic E-state index is 13.1. The Kier molecular flexibility index (Phi) is 3.65. The summed E-state index contributed by atoms with van der Waals surface area (Å²) < 4.78 is 39.2. The largest absolute Gasteiger partial charge is 0.418 e. The normalized spacial score (nSPS) is 23.5. The van der Waals surface area contributed by atoms with Gasteiger partial charge in [0.15, 0.2) is 0 Å². The van der Waals surface area contributed by atoms with Crippen LogP contribution < -0.4 is 4.90 Å². The molecule has 0 aliphatic carbocycles. The Morgan fingerprint density at radius 2 is 2.10 bits per heavy atom. The highest BCUT2D eigenvalue weighted by Gasteiger charge is 2.37. The van der Waals surface area contributed by atoms with Crippen LogP contribution in [0.5, 0.6) is 0 Å². The third-order valence-corrected chi connectivity index (χ3v) is 3.45. The van der Waals surface area contributed by atoms with Crippen LogP contribution in [0.2, 0.25) is 0 Å². The van der Waals surface area contributed by atoms with Crippen LogP contribution in [0.4, 0.5) is 18.9 Å². The van der Waals surface area contributed by atoms with Gasteiger partial charge in [-0.3, -0.25) is 0 Å². The maximum Gasteiger partial charge on any atom is 0.418 e. The Labute approximate surface area is 115 Å². The summed E-state index contributed by atoms with van der Waals surface area (Å²) in [6, 6.07) is 5.18. The van der Waals surface area contributed by atoms with E-state index >= 15 is 0 Å². The van der Waals surface area contributed by atoms with Crippen LogP contribution in [0.1, 0.15) is 30.9 Å². The van der Waals surface area contributed by atoms with Gasteiger partial charge in [-0.15, -0.1) is 0 Å². The van der Waals surface area contributed by atoms with E-state index in [4.69, 9.17) is 5.26 Å². The first-order valence-electron chi connectivity index (χ1n) is 6.32. The number of piperidine rings is 1. The van der Waals surface area contributed by atoms with Gasteiger partial charge in [0.1, 0.15) is 0 Å².